The molecule has 1 aliphatic heterocycles. The van der Waals surface area contributed by atoms with Crippen molar-refractivity contribution in [2.45, 2.75) is 19.2 Å². The van der Waals surface area contributed by atoms with E-state index >= 15 is 0 Å². The summed E-state index contributed by atoms with van der Waals surface area (Å²) in [7, 11) is -0.352. The zero-order chi connectivity index (χ0) is 16.7. The summed E-state index contributed by atoms with van der Waals surface area (Å²) in [6.07, 6.45) is -1.72. The zero-order valence-electron chi connectivity index (χ0n) is 15.6. The molecular formula is C16H35P5. The van der Waals surface area contributed by atoms with E-state index in [9.17, 15) is 0 Å². The van der Waals surface area contributed by atoms with Crippen molar-refractivity contribution in [3.8, 4) is 11.3 Å². The van der Waals surface area contributed by atoms with Gasteiger partial charge in [-0.1, -0.05) is 0 Å². The van der Waals surface area contributed by atoms with Crippen LogP contribution in [-0.2, 0) is 0 Å². The number of hydrogen-bond donors (Lipinski definition) is 0. The van der Waals surface area contributed by atoms with Crippen LogP contribution in [0.2, 0.25) is 0 Å². The van der Waals surface area contributed by atoms with Crippen molar-refractivity contribution in [1.82, 2.24) is 0 Å². The third-order valence-electron chi connectivity index (χ3n) is 5.21. The van der Waals surface area contributed by atoms with E-state index < -0.39 is 13.2 Å². The molecule has 0 aromatic heterocycles. The first-order valence-electron chi connectivity index (χ1n) is 7.69. The van der Waals surface area contributed by atoms with E-state index in [1.807, 2.05) is 0 Å². The Labute approximate surface area is 138 Å². The topological polar surface area (TPSA) is 0 Å². The van der Waals surface area contributed by atoms with E-state index in [0.29, 0.717) is 0 Å². The Hall–Kier alpha value is 1.45. The van der Waals surface area contributed by atoms with E-state index in [0.717, 1.165) is 11.3 Å². The van der Waals surface area contributed by atoms with E-state index in [1.165, 1.54) is 0 Å². The molecule has 5 heteroatoms. The molecule has 0 spiro atoms. The minimum absolute atomic E-state index is 0.0218. The van der Waals surface area contributed by atoms with Crippen LogP contribution in [0.5, 0.6) is 0 Å². The average molecular weight is 382 g/mol. The predicted molar refractivity (Wildman–Crippen MR) is 119 cm³/mol. The van der Waals surface area contributed by atoms with E-state index in [2.05, 4.69) is 90.1 Å². The van der Waals surface area contributed by atoms with Crippen LogP contribution in [0, 0.1) is 17.2 Å². The van der Waals surface area contributed by atoms with Crippen LogP contribution >= 0.6 is 36.4 Å². The molecule has 0 aliphatic carbocycles. The van der Waals surface area contributed by atoms with E-state index in [1.54, 1.807) is 0 Å². The average Bonchev–Trinajstić information content (AvgIpc) is 2.29. The van der Waals surface area contributed by atoms with Gasteiger partial charge < -0.3 is 0 Å². The van der Waals surface area contributed by atoms with Gasteiger partial charge in [-0.25, -0.2) is 0 Å². The maximum atomic E-state index is 3.73. The fourth-order valence-corrected chi connectivity index (χ4v) is 38.5. The second-order valence-corrected chi connectivity index (χ2v) is 35.3. The van der Waals surface area contributed by atoms with Crippen LogP contribution < -0.4 is 0 Å². The Kier molecular flexibility index (Phi) is 6.59. The van der Waals surface area contributed by atoms with Crippen LogP contribution in [0.3, 0.4) is 0 Å². The molecule has 1 heterocycles. The van der Waals surface area contributed by atoms with Crippen molar-refractivity contribution >= 4 is 36.4 Å². The Morgan fingerprint density at radius 2 is 1.52 bits per heavy atom. The maximum absolute atomic E-state index is 3.73. The molecule has 0 nitrogen and oxygen atoms in total. The SMILES string of the molecule is CC(C)C1[PH](C)(C)P(C)C#CP(C)/C=C\P(C)P1(C)(C)C. The van der Waals surface area contributed by atoms with Crippen LogP contribution in [0.15, 0.2) is 11.6 Å². The molecule has 0 bridgehead atoms. The third kappa shape index (κ3) is 4.30. The van der Waals surface area contributed by atoms with Crippen molar-refractivity contribution in [2.24, 2.45) is 5.92 Å². The molecule has 124 valence electrons. The van der Waals surface area contributed by atoms with Crippen LogP contribution in [0.4, 0.5) is 0 Å². The summed E-state index contributed by atoms with van der Waals surface area (Å²) >= 11 is 0. The molecular weight excluding hydrogens is 347 g/mol. The summed E-state index contributed by atoms with van der Waals surface area (Å²) in [5, 5.41) is 0.927. The van der Waals surface area contributed by atoms with Gasteiger partial charge in [0.15, 0.2) is 0 Å². The molecule has 1 rings (SSSR count). The fraction of sp³-hybridized carbons (Fsp3) is 0.750. The molecule has 4 atom stereocenters. The Morgan fingerprint density at radius 3 is 2.00 bits per heavy atom. The fourth-order valence-electron chi connectivity index (χ4n) is 4.10. The van der Waals surface area contributed by atoms with Gasteiger partial charge >= 0.3 is 138 Å². The molecule has 0 amide bonds. The predicted octanol–water partition coefficient (Wildman–Crippen LogP) is 6.99. The molecule has 0 N–H and O–H groups in total. The quantitative estimate of drug-likeness (QED) is 0.339. The van der Waals surface area contributed by atoms with Gasteiger partial charge in [0.2, 0.25) is 0 Å². The van der Waals surface area contributed by atoms with E-state index in [-0.39, 0.29) is 23.1 Å². The van der Waals surface area contributed by atoms with Gasteiger partial charge in [-0.2, -0.15) is 0 Å². The van der Waals surface area contributed by atoms with Gasteiger partial charge in [-0.15, -0.1) is 0 Å². The standard InChI is InChI=1S/C16H35P5/c1-15(2)16-20(6,7)18(4)13-11-17(3)12-14-19(5)21(16,8,9)10/h12,14-16,20H,1-10H3/b14-12-. The summed E-state index contributed by atoms with van der Waals surface area (Å²) in [5.74, 6) is 5.82. The minimum atomic E-state index is -1.72. The first-order chi connectivity index (χ1) is 9.29. The van der Waals surface area contributed by atoms with Gasteiger partial charge in [0.05, 0.1) is 0 Å². The van der Waals surface area contributed by atoms with Gasteiger partial charge in [0.25, 0.3) is 0 Å². The van der Waals surface area contributed by atoms with Gasteiger partial charge in [-0.3, -0.25) is 0 Å². The Morgan fingerprint density at radius 1 is 1.00 bits per heavy atom. The second-order valence-electron chi connectivity index (χ2n) is 8.44. The molecule has 1 aliphatic rings. The van der Waals surface area contributed by atoms with Gasteiger partial charge in [0.1, 0.15) is 0 Å². The van der Waals surface area contributed by atoms with Crippen molar-refractivity contribution < 1.29 is 0 Å². The molecule has 0 saturated heterocycles. The van der Waals surface area contributed by atoms with E-state index in [4.69, 9.17) is 0 Å². The van der Waals surface area contributed by atoms with Crippen molar-refractivity contribution in [2.75, 3.05) is 53.3 Å². The van der Waals surface area contributed by atoms with Crippen LogP contribution in [0.25, 0.3) is 0 Å². The van der Waals surface area contributed by atoms with Crippen molar-refractivity contribution in [3.05, 3.63) is 11.6 Å². The molecule has 0 fully saturated rings. The normalized spacial score (nSPS) is 42.7. The summed E-state index contributed by atoms with van der Waals surface area (Å²) in [6, 6.07) is 0. The summed E-state index contributed by atoms with van der Waals surface area (Å²) in [4.78, 5) is 0. The molecule has 21 heavy (non-hydrogen) atoms. The first kappa shape index (κ1) is 20.5. The summed E-state index contributed by atoms with van der Waals surface area (Å²) in [5.41, 5.74) is 7.32. The molecule has 4 unspecified atom stereocenters. The summed E-state index contributed by atoms with van der Waals surface area (Å²) < 4.78 is 0. The summed E-state index contributed by atoms with van der Waals surface area (Å²) in [6.45, 7) is 24.2. The number of hydrogen-bond acceptors (Lipinski definition) is 0. The molecule has 0 radical (unpaired) electrons. The van der Waals surface area contributed by atoms with Gasteiger partial charge in [0, 0.05) is 0 Å². The monoisotopic (exact) mass is 382 g/mol. The molecule has 0 saturated carbocycles. The van der Waals surface area contributed by atoms with Crippen LogP contribution in [0.1, 0.15) is 13.8 Å². The molecule has 0 aromatic carbocycles. The zero-order valence-corrected chi connectivity index (χ0v) is 20.2. The molecule has 0 aromatic rings. The van der Waals surface area contributed by atoms with Gasteiger partial charge in [-0.05, 0) is 0 Å². The van der Waals surface area contributed by atoms with Crippen LogP contribution in [-0.4, -0.2) is 58.7 Å². The Bertz CT molecular complexity index is 472. The third-order valence-corrected chi connectivity index (χ3v) is 36.5. The van der Waals surface area contributed by atoms with Crippen molar-refractivity contribution in [1.29, 1.82) is 0 Å². The first-order valence-corrected chi connectivity index (χ1v) is 21.5. The Balaban J connectivity index is 3.57. The number of rotatable bonds is 1. The second kappa shape index (κ2) is 6.75. The van der Waals surface area contributed by atoms with Crippen molar-refractivity contribution in [3.63, 3.8) is 0 Å².